The van der Waals surface area contributed by atoms with Crippen molar-refractivity contribution in [1.29, 1.82) is 0 Å². The molecule has 292 valence electrons. The van der Waals surface area contributed by atoms with E-state index >= 15 is 0 Å². The largest absolute Gasteiger partial charge is 0.456 e. The molecule has 0 atom stereocenters. The maximum atomic E-state index is 6.34. The van der Waals surface area contributed by atoms with E-state index in [0.717, 1.165) is 67.3 Å². The lowest BCUT2D eigenvalue weighted by atomic mass is 9.96. The Kier molecular flexibility index (Phi) is 8.46. The first kappa shape index (κ1) is 35.6. The fourth-order valence-electron chi connectivity index (χ4n) is 9.36. The molecule has 0 bridgehead atoms. The van der Waals surface area contributed by atoms with Gasteiger partial charge in [0.05, 0.1) is 16.7 Å². The molecule has 0 spiro atoms. The predicted octanol–water partition coefficient (Wildman–Crippen LogP) is 16.4. The lowest BCUT2D eigenvalue weighted by Crippen LogP contribution is -2.11. The summed E-state index contributed by atoms with van der Waals surface area (Å²) < 4.78 is 8.73. The fraction of sp³-hybridized carbons (Fsp3) is 0. The second kappa shape index (κ2) is 14.7. The molecule has 12 rings (SSSR count). The highest BCUT2D eigenvalue weighted by atomic mass is 16.3. The first-order chi connectivity index (χ1) is 30.8. The van der Waals surface area contributed by atoms with Crippen LogP contribution in [0.1, 0.15) is 0 Å². The van der Waals surface area contributed by atoms with Crippen LogP contribution in [0.5, 0.6) is 0 Å². The molecule has 0 unspecified atom stereocenters. The Morgan fingerprint density at radius 3 is 1.56 bits per heavy atom. The molecule has 0 aliphatic carbocycles. The Hall–Kier alpha value is -8.34. The lowest BCUT2D eigenvalue weighted by molar-refractivity contribution is 0.669. The topological polar surface area (TPSA) is 24.6 Å². The zero-order valence-electron chi connectivity index (χ0n) is 33.8. The second-order valence-corrected chi connectivity index (χ2v) is 15.7. The predicted molar refractivity (Wildman–Crippen MR) is 260 cm³/mol. The number of benzene rings is 10. The monoisotopic (exact) mass is 793 g/mol. The zero-order valence-corrected chi connectivity index (χ0v) is 33.8. The highest BCUT2D eigenvalue weighted by Crippen LogP contribution is 2.45. The SMILES string of the molecule is c1ccc(N(c2ccc(-c3ccc(N(c4ccccc4)c4ccc5c6ccccc6n(-c6ccccc6)c5c4)c4ccccc34)cc2)c2ccc3c(c2)oc2ccccc23)cc1. The van der Waals surface area contributed by atoms with Crippen molar-refractivity contribution < 1.29 is 4.42 Å². The van der Waals surface area contributed by atoms with Gasteiger partial charge in [-0.1, -0.05) is 140 Å². The first-order valence-electron chi connectivity index (χ1n) is 21.1. The molecule has 62 heavy (non-hydrogen) atoms. The molecule has 0 N–H and O–H groups in total. The minimum absolute atomic E-state index is 0.871. The molecule has 0 amide bonds. The number of rotatable bonds is 8. The smallest absolute Gasteiger partial charge is 0.137 e. The minimum atomic E-state index is 0.871. The Labute approximate surface area is 359 Å². The first-order valence-corrected chi connectivity index (χ1v) is 21.1. The average molecular weight is 794 g/mol. The Bertz CT molecular complexity index is 3570. The van der Waals surface area contributed by atoms with Crippen molar-refractivity contribution >= 4 is 88.6 Å². The summed E-state index contributed by atoms with van der Waals surface area (Å²) in [5, 5.41) is 7.07. The zero-order chi connectivity index (χ0) is 41.0. The van der Waals surface area contributed by atoms with E-state index in [2.05, 4.69) is 239 Å². The molecular formula is C58H39N3O. The number of furan rings is 1. The van der Waals surface area contributed by atoms with E-state index in [9.17, 15) is 0 Å². The van der Waals surface area contributed by atoms with E-state index in [-0.39, 0.29) is 0 Å². The molecular weight excluding hydrogens is 755 g/mol. The van der Waals surface area contributed by atoms with E-state index in [1.165, 1.54) is 38.1 Å². The van der Waals surface area contributed by atoms with Crippen molar-refractivity contribution in [3.05, 3.63) is 237 Å². The molecule has 0 saturated heterocycles. The fourth-order valence-corrected chi connectivity index (χ4v) is 9.36. The molecule has 10 aromatic carbocycles. The summed E-state index contributed by atoms with van der Waals surface area (Å²) in [6, 6.07) is 84.6. The second-order valence-electron chi connectivity index (χ2n) is 15.7. The Morgan fingerprint density at radius 2 is 0.823 bits per heavy atom. The third-order valence-electron chi connectivity index (χ3n) is 12.2. The average Bonchev–Trinajstić information content (AvgIpc) is 3.88. The number of anilines is 6. The molecule has 0 aliphatic rings. The third kappa shape index (κ3) is 5.92. The highest BCUT2D eigenvalue weighted by molar-refractivity contribution is 6.12. The quantitative estimate of drug-likeness (QED) is 0.153. The molecule has 0 aliphatic heterocycles. The summed E-state index contributed by atoms with van der Waals surface area (Å²) >= 11 is 0. The molecule has 2 aromatic heterocycles. The lowest BCUT2D eigenvalue weighted by Gasteiger charge is -2.28. The van der Waals surface area contributed by atoms with Crippen molar-refractivity contribution in [2.75, 3.05) is 9.80 Å². The van der Waals surface area contributed by atoms with E-state index in [4.69, 9.17) is 4.42 Å². The van der Waals surface area contributed by atoms with Gasteiger partial charge in [0.1, 0.15) is 11.2 Å². The van der Waals surface area contributed by atoms with E-state index in [0.29, 0.717) is 0 Å². The summed E-state index contributed by atoms with van der Waals surface area (Å²) in [6.07, 6.45) is 0. The van der Waals surface area contributed by atoms with Crippen LogP contribution in [0.15, 0.2) is 241 Å². The van der Waals surface area contributed by atoms with Crippen LogP contribution < -0.4 is 9.80 Å². The maximum Gasteiger partial charge on any atom is 0.137 e. The van der Waals surface area contributed by atoms with Gasteiger partial charge < -0.3 is 18.8 Å². The summed E-state index contributed by atoms with van der Waals surface area (Å²) in [7, 11) is 0. The van der Waals surface area contributed by atoms with Crippen LogP contribution in [-0.2, 0) is 0 Å². The van der Waals surface area contributed by atoms with Crippen LogP contribution in [0.4, 0.5) is 34.1 Å². The van der Waals surface area contributed by atoms with Gasteiger partial charge in [-0.15, -0.1) is 0 Å². The van der Waals surface area contributed by atoms with Crippen molar-refractivity contribution in [3.8, 4) is 16.8 Å². The van der Waals surface area contributed by atoms with Gasteiger partial charge in [-0.05, 0) is 108 Å². The molecule has 0 fully saturated rings. The van der Waals surface area contributed by atoms with E-state index in [1.807, 2.05) is 12.1 Å². The third-order valence-corrected chi connectivity index (χ3v) is 12.2. The van der Waals surface area contributed by atoms with Crippen LogP contribution >= 0.6 is 0 Å². The number of aromatic nitrogens is 1. The molecule has 12 aromatic rings. The number of fused-ring (bicyclic) bond motifs is 7. The van der Waals surface area contributed by atoms with Crippen LogP contribution in [0.2, 0.25) is 0 Å². The van der Waals surface area contributed by atoms with E-state index in [1.54, 1.807) is 0 Å². The minimum Gasteiger partial charge on any atom is -0.456 e. The van der Waals surface area contributed by atoms with Crippen molar-refractivity contribution in [2.24, 2.45) is 0 Å². The number of nitrogens with zero attached hydrogens (tertiary/aromatic N) is 3. The molecule has 4 heteroatoms. The van der Waals surface area contributed by atoms with Gasteiger partial charge in [-0.3, -0.25) is 0 Å². The van der Waals surface area contributed by atoms with Crippen molar-refractivity contribution in [2.45, 2.75) is 0 Å². The Morgan fingerprint density at radius 1 is 0.306 bits per heavy atom. The summed E-state index contributed by atoms with van der Waals surface area (Å²) in [4.78, 5) is 4.70. The van der Waals surface area contributed by atoms with Gasteiger partial charge >= 0.3 is 0 Å². The number of para-hydroxylation sites is 5. The van der Waals surface area contributed by atoms with Gasteiger partial charge in [0.25, 0.3) is 0 Å². The number of hydrogen-bond donors (Lipinski definition) is 0. The van der Waals surface area contributed by atoms with Gasteiger partial charge in [-0.25, -0.2) is 0 Å². The standard InChI is InChI=1S/C58H39N3O/c1-4-16-41(17-5-1)59(46-33-35-53-52-25-13-15-27-57(52)62-58(53)39-46)44-30-28-40(29-31-44)47-36-37-55(49-23-11-10-22-48(47)49)60(42-18-6-2-7-19-42)45-32-34-51-50-24-12-14-26-54(50)61(56(51)38-45)43-20-8-3-9-21-43/h1-39H. The maximum absolute atomic E-state index is 6.34. The van der Waals surface area contributed by atoms with Crippen molar-refractivity contribution in [3.63, 3.8) is 0 Å². The van der Waals surface area contributed by atoms with Crippen LogP contribution in [0, 0.1) is 0 Å². The highest BCUT2D eigenvalue weighted by Gasteiger charge is 2.21. The molecule has 0 saturated carbocycles. The van der Waals surface area contributed by atoms with E-state index < -0.39 is 0 Å². The van der Waals surface area contributed by atoms with Crippen molar-refractivity contribution in [1.82, 2.24) is 4.57 Å². The van der Waals surface area contributed by atoms with Crippen LogP contribution in [0.3, 0.4) is 0 Å². The summed E-state index contributed by atoms with van der Waals surface area (Å²) in [6.45, 7) is 0. The van der Waals surface area contributed by atoms with Gasteiger partial charge in [0, 0.05) is 67.1 Å². The number of hydrogen-bond acceptors (Lipinski definition) is 3. The summed E-state index contributed by atoms with van der Waals surface area (Å²) in [5.74, 6) is 0. The summed E-state index contributed by atoms with van der Waals surface area (Å²) in [5.41, 5.74) is 14.1. The molecule has 2 heterocycles. The Balaban J connectivity index is 0.973. The van der Waals surface area contributed by atoms with Gasteiger partial charge in [-0.2, -0.15) is 0 Å². The van der Waals surface area contributed by atoms with Gasteiger partial charge in [0.2, 0.25) is 0 Å². The molecule has 0 radical (unpaired) electrons. The van der Waals surface area contributed by atoms with Gasteiger partial charge in [0.15, 0.2) is 0 Å². The normalized spacial score (nSPS) is 11.5. The van der Waals surface area contributed by atoms with Crippen LogP contribution in [0.25, 0.3) is 71.3 Å². The van der Waals surface area contributed by atoms with Crippen LogP contribution in [-0.4, -0.2) is 4.57 Å². The molecule has 4 nitrogen and oxygen atoms in total.